The van der Waals surface area contributed by atoms with Gasteiger partial charge < -0.3 is 19.8 Å². The van der Waals surface area contributed by atoms with Crippen molar-refractivity contribution in [1.82, 2.24) is 5.32 Å². The zero-order valence-electron chi connectivity index (χ0n) is 41.8. The summed E-state index contributed by atoms with van der Waals surface area (Å²) in [6, 6.07) is -0.849. The second-order valence-corrected chi connectivity index (χ2v) is 20.3. The van der Waals surface area contributed by atoms with Gasteiger partial charge in [0.05, 0.1) is 39.9 Å². The van der Waals surface area contributed by atoms with E-state index in [1.807, 2.05) is 27.2 Å². The number of unbranched alkanes of at least 4 members (excludes halogenated alkanes) is 26. The number of hydrogen-bond donors (Lipinski definition) is 3. The summed E-state index contributed by atoms with van der Waals surface area (Å²) in [4.78, 5) is 23.2. The monoisotopic (exact) mass is 906 g/mol. The molecule has 368 valence electrons. The number of carbonyl (C=O) groups is 1. The van der Waals surface area contributed by atoms with E-state index in [4.69, 9.17) is 9.05 Å². The zero-order valence-corrected chi connectivity index (χ0v) is 42.7. The van der Waals surface area contributed by atoms with Crippen molar-refractivity contribution in [2.45, 2.75) is 238 Å². The van der Waals surface area contributed by atoms with Crippen LogP contribution in [0.3, 0.4) is 0 Å². The average Bonchev–Trinajstić information content (AvgIpc) is 3.24. The van der Waals surface area contributed by atoms with Gasteiger partial charge in [0, 0.05) is 6.42 Å². The Morgan fingerprint density at radius 2 is 0.952 bits per heavy atom. The van der Waals surface area contributed by atoms with Gasteiger partial charge in [0.2, 0.25) is 5.91 Å². The van der Waals surface area contributed by atoms with Gasteiger partial charge in [-0.3, -0.25) is 13.8 Å². The molecule has 8 nitrogen and oxygen atoms in total. The number of amides is 1. The van der Waals surface area contributed by atoms with Crippen molar-refractivity contribution in [3.8, 4) is 0 Å². The summed E-state index contributed by atoms with van der Waals surface area (Å²) in [6.45, 7) is 4.71. The highest BCUT2D eigenvalue weighted by atomic mass is 31.2. The number of phosphoric ester groups is 1. The highest BCUT2D eigenvalue weighted by Crippen LogP contribution is 2.43. The Morgan fingerprint density at radius 1 is 0.556 bits per heavy atom. The summed E-state index contributed by atoms with van der Waals surface area (Å²) in [5, 5.41) is 13.9. The lowest BCUT2D eigenvalue weighted by Crippen LogP contribution is -2.45. The lowest BCUT2D eigenvalue weighted by atomic mass is 10.0. The SMILES string of the molecule is CC/C=C\C/C=C\C/C=C\C/C=C\CCCCCCCCCCCCCCC(=O)NC(COP(=O)(O)OCC[N+](C)(C)C)C(O)/C=C/CCCCCCCCCCCCCCCC. The first-order valence-electron chi connectivity index (χ1n) is 26.2. The molecule has 9 heteroatoms. The van der Waals surface area contributed by atoms with E-state index in [2.05, 4.69) is 67.8 Å². The van der Waals surface area contributed by atoms with Crippen LogP contribution in [0.15, 0.2) is 60.8 Å². The Bertz CT molecular complexity index is 1210. The van der Waals surface area contributed by atoms with E-state index in [0.717, 1.165) is 64.2 Å². The number of quaternary nitrogens is 1. The summed E-state index contributed by atoms with van der Waals surface area (Å²) in [5.74, 6) is -0.180. The number of nitrogens with one attached hydrogen (secondary N) is 1. The molecular weight excluding hydrogens is 804 g/mol. The van der Waals surface area contributed by atoms with Crippen molar-refractivity contribution >= 4 is 13.7 Å². The van der Waals surface area contributed by atoms with Crippen LogP contribution in [0.1, 0.15) is 226 Å². The van der Waals surface area contributed by atoms with Crippen LogP contribution in [0.2, 0.25) is 0 Å². The van der Waals surface area contributed by atoms with Crippen LogP contribution < -0.4 is 5.32 Å². The molecule has 63 heavy (non-hydrogen) atoms. The number of hydrogen-bond acceptors (Lipinski definition) is 5. The first-order chi connectivity index (χ1) is 30.5. The van der Waals surface area contributed by atoms with E-state index in [9.17, 15) is 19.4 Å². The number of rotatable bonds is 47. The van der Waals surface area contributed by atoms with E-state index in [0.29, 0.717) is 17.4 Å². The second-order valence-electron chi connectivity index (χ2n) is 18.9. The molecule has 0 heterocycles. The molecule has 0 fully saturated rings. The van der Waals surface area contributed by atoms with Crippen LogP contribution >= 0.6 is 7.82 Å². The number of aliphatic hydroxyl groups excluding tert-OH is 1. The molecule has 3 N–H and O–H groups in total. The zero-order chi connectivity index (χ0) is 46.4. The highest BCUT2D eigenvalue weighted by molar-refractivity contribution is 7.47. The third-order valence-electron chi connectivity index (χ3n) is 11.5. The molecule has 0 radical (unpaired) electrons. The van der Waals surface area contributed by atoms with Crippen molar-refractivity contribution < 1.29 is 32.9 Å². The van der Waals surface area contributed by atoms with Gasteiger partial charge in [0.15, 0.2) is 0 Å². The van der Waals surface area contributed by atoms with Crippen molar-refractivity contribution in [1.29, 1.82) is 0 Å². The molecule has 3 unspecified atom stereocenters. The lowest BCUT2D eigenvalue weighted by Gasteiger charge is -2.25. The molecule has 0 aromatic rings. The third kappa shape index (κ3) is 48.0. The van der Waals surface area contributed by atoms with Crippen LogP contribution in [-0.2, 0) is 18.4 Å². The number of phosphoric acid groups is 1. The molecule has 0 spiro atoms. The van der Waals surface area contributed by atoms with E-state index in [1.165, 1.54) is 141 Å². The molecule has 0 saturated carbocycles. The smallest absolute Gasteiger partial charge is 0.387 e. The first kappa shape index (κ1) is 61.2. The second kappa shape index (κ2) is 45.4. The lowest BCUT2D eigenvalue weighted by molar-refractivity contribution is -0.870. The van der Waals surface area contributed by atoms with Crippen molar-refractivity contribution in [2.24, 2.45) is 0 Å². The summed E-state index contributed by atoms with van der Waals surface area (Å²) >= 11 is 0. The molecule has 0 bridgehead atoms. The van der Waals surface area contributed by atoms with E-state index < -0.39 is 20.0 Å². The van der Waals surface area contributed by atoms with Crippen LogP contribution in [0.4, 0.5) is 0 Å². The van der Waals surface area contributed by atoms with Crippen LogP contribution in [0, 0.1) is 0 Å². The predicted octanol–water partition coefficient (Wildman–Crippen LogP) is 15.4. The molecule has 0 aromatic carbocycles. The van der Waals surface area contributed by atoms with Gasteiger partial charge >= 0.3 is 7.82 Å². The van der Waals surface area contributed by atoms with Gasteiger partial charge in [-0.1, -0.05) is 222 Å². The minimum absolute atomic E-state index is 0.0597. The van der Waals surface area contributed by atoms with E-state index in [-0.39, 0.29) is 19.1 Å². The van der Waals surface area contributed by atoms with Crippen molar-refractivity contribution in [3.63, 3.8) is 0 Å². The maximum absolute atomic E-state index is 12.9. The molecule has 0 aliphatic carbocycles. The largest absolute Gasteiger partial charge is 0.472 e. The third-order valence-corrected chi connectivity index (χ3v) is 12.5. The number of aliphatic hydroxyl groups is 1. The van der Waals surface area contributed by atoms with Crippen LogP contribution in [-0.4, -0.2) is 73.4 Å². The molecule has 1 amide bonds. The van der Waals surface area contributed by atoms with Gasteiger partial charge in [-0.25, -0.2) is 4.57 Å². The molecular formula is C54H102N2O6P+. The number of likely N-dealkylation sites (N-methyl/N-ethyl adjacent to an activating group) is 1. The van der Waals surface area contributed by atoms with Gasteiger partial charge in [-0.05, 0) is 57.8 Å². The van der Waals surface area contributed by atoms with Gasteiger partial charge in [0.25, 0.3) is 0 Å². The summed E-state index contributed by atoms with van der Waals surface area (Å²) in [6.07, 6.45) is 60.1. The molecule has 0 saturated heterocycles. The predicted molar refractivity (Wildman–Crippen MR) is 272 cm³/mol. The fraction of sp³-hybridized carbons (Fsp3) is 0.796. The van der Waals surface area contributed by atoms with E-state index in [1.54, 1.807) is 6.08 Å². The first-order valence-corrected chi connectivity index (χ1v) is 27.7. The Labute approximate surface area is 390 Å². The quantitative estimate of drug-likeness (QED) is 0.0243. The topological polar surface area (TPSA) is 105 Å². The standard InChI is InChI=1S/C54H101N2O6P/c1-6-8-10-12-14-16-18-20-22-24-25-26-27-28-29-30-31-32-34-36-38-40-42-44-46-48-54(58)55-52(51-62-63(59,60)61-50-49-56(3,4)5)53(57)47-45-43-41-39-37-35-33-23-21-19-17-15-13-11-9-7-2/h8,10,14,16,20,22,25-26,45,47,52-53,57H,6-7,9,11-13,15,17-19,21,23-24,27-44,46,48-51H2,1-5H3,(H-,55,58,59,60)/p+1/b10-8-,16-14-,22-20-,26-25-,47-45+. The summed E-state index contributed by atoms with van der Waals surface area (Å²) < 4.78 is 23.7. The fourth-order valence-corrected chi connectivity index (χ4v) is 8.12. The maximum atomic E-state index is 12.9. The van der Waals surface area contributed by atoms with Gasteiger partial charge in [-0.15, -0.1) is 0 Å². The van der Waals surface area contributed by atoms with Crippen molar-refractivity contribution in [2.75, 3.05) is 40.9 Å². The average molecular weight is 906 g/mol. The highest BCUT2D eigenvalue weighted by Gasteiger charge is 2.27. The van der Waals surface area contributed by atoms with Crippen LogP contribution in [0.25, 0.3) is 0 Å². The number of allylic oxidation sites excluding steroid dienone is 9. The number of nitrogens with zero attached hydrogens (tertiary/aromatic N) is 1. The molecule has 0 aromatic heterocycles. The molecule has 3 atom stereocenters. The normalized spacial score (nSPS) is 14.6. The Morgan fingerprint density at radius 3 is 1.40 bits per heavy atom. The summed E-state index contributed by atoms with van der Waals surface area (Å²) in [7, 11) is 1.57. The van der Waals surface area contributed by atoms with Crippen LogP contribution in [0.5, 0.6) is 0 Å². The Balaban J connectivity index is 4.25. The van der Waals surface area contributed by atoms with Gasteiger partial charge in [-0.2, -0.15) is 0 Å². The molecule has 0 rings (SSSR count). The van der Waals surface area contributed by atoms with Crippen molar-refractivity contribution in [3.05, 3.63) is 60.8 Å². The fourth-order valence-electron chi connectivity index (χ4n) is 7.39. The molecule has 0 aliphatic heterocycles. The molecule has 0 aliphatic rings. The summed E-state index contributed by atoms with van der Waals surface area (Å²) in [5.41, 5.74) is 0. The number of carbonyl (C=O) groups excluding carboxylic acids is 1. The minimum Gasteiger partial charge on any atom is -0.387 e. The minimum atomic E-state index is -4.34. The Hall–Kier alpha value is -1.80. The van der Waals surface area contributed by atoms with Gasteiger partial charge in [0.1, 0.15) is 13.2 Å². The van der Waals surface area contributed by atoms with E-state index >= 15 is 0 Å². The Kier molecular flexibility index (Phi) is 44.1. The maximum Gasteiger partial charge on any atom is 0.472 e.